The Labute approximate surface area is 122 Å². The molecule has 0 aliphatic heterocycles. The van der Waals surface area contributed by atoms with Crippen molar-refractivity contribution >= 4 is 11.9 Å². The van der Waals surface area contributed by atoms with Crippen LogP contribution in [0.5, 0.6) is 0 Å². The fourth-order valence-electron chi connectivity index (χ4n) is 2.10. The van der Waals surface area contributed by atoms with Crippen molar-refractivity contribution in [1.82, 2.24) is 4.90 Å². The Kier molecular flexibility index (Phi) is 12.2. The minimum atomic E-state index is -0.590. The summed E-state index contributed by atoms with van der Waals surface area (Å²) in [5.74, 6) is 4.11. The quantitative estimate of drug-likeness (QED) is 0.442. The number of likely N-dealkylation sites (N-methyl/N-ethyl adjacent to an activating group) is 1. The second-order valence-electron chi connectivity index (χ2n) is 5.32. The van der Waals surface area contributed by atoms with Crippen molar-refractivity contribution in [1.29, 1.82) is 0 Å². The van der Waals surface area contributed by atoms with Gasteiger partial charge >= 0.3 is 5.97 Å². The average Bonchev–Trinajstić information content (AvgIpc) is 2.45. The van der Waals surface area contributed by atoms with Gasteiger partial charge < -0.3 is 9.74 Å². The number of carbonyl (C=O) groups is 2. The molecule has 0 saturated heterocycles. The molecule has 0 radical (unpaired) electrons. The molecule has 0 spiro atoms. The molecule has 0 saturated carbocycles. The molecule has 0 aromatic carbocycles. The SMILES string of the molecule is CCCCCCCCCCCC(=O)N(C)CC(=O)ON. The Morgan fingerprint density at radius 1 is 0.950 bits per heavy atom. The highest BCUT2D eigenvalue weighted by Gasteiger charge is 2.12. The van der Waals surface area contributed by atoms with Gasteiger partial charge in [0, 0.05) is 13.5 Å². The van der Waals surface area contributed by atoms with Crippen LogP contribution in [0.25, 0.3) is 0 Å². The monoisotopic (exact) mass is 286 g/mol. The van der Waals surface area contributed by atoms with Gasteiger partial charge in [-0.2, -0.15) is 5.90 Å². The largest absolute Gasteiger partial charge is 0.372 e. The van der Waals surface area contributed by atoms with Gasteiger partial charge in [-0.25, -0.2) is 4.79 Å². The maximum atomic E-state index is 11.7. The number of rotatable bonds is 12. The average molecular weight is 286 g/mol. The van der Waals surface area contributed by atoms with E-state index in [2.05, 4.69) is 11.8 Å². The minimum Gasteiger partial charge on any atom is -0.372 e. The van der Waals surface area contributed by atoms with Gasteiger partial charge in [0.1, 0.15) is 6.54 Å². The molecule has 0 unspecified atom stereocenters. The van der Waals surface area contributed by atoms with Gasteiger partial charge in [-0.3, -0.25) is 4.79 Å². The topological polar surface area (TPSA) is 72.6 Å². The first-order valence-corrected chi connectivity index (χ1v) is 7.75. The van der Waals surface area contributed by atoms with Crippen molar-refractivity contribution in [2.45, 2.75) is 71.1 Å². The number of unbranched alkanes of at least 4 members (excludes halogenated alkanes) is 8. The Morgan fingerprint density at radius 3 is 1.95 bits per heavy atom. The number of amides is 1. The lowest BCUT2D eigenvalue weighted by Gasteiger charge is -2.14. The third-order valence-corrected chi connectivity index (χ3v) is 3.42. The smallest absolute Gasteiger partial charge is 0.344 e. The Morgan fingerprint density at radius 2 is 1.45 bits per heavy atom. The van der Waals surface area contributed by atoms with Crippen LogP contribution < -0.4 is 5.90 Å². The lowest BCUT2D eigenvalue weighted by molar-refractivity contribution is -0.149. The lowest BCUT2D eigenvalue weighted by atomic mass is 10.1. The van der Waals surface area contributed by atoms with Crippen LogP contribution >= 0.6 is 0 Å². The van der Waals surface area contributed by atoms with E-state index in [1.807, 2.05) is 0 Å². The molecule has 20 heavy (non-hydrogen) atoms. The summed E-state index contributed by atoms with van der Waals surface area (Å²) in [6.07, 6.45) is 11.5. The van der Waals surface area contributed by atoms with Crippen molar-refractivity contribution in [3.8, 4) is 0 Å². The molecule has 0 bridgehead atoms. The molecule has 0 aromatic rings. The van der Waals surface area contributed by atoms with E-state index in [9.17, 15) is 9.59 Å². The van der Waals surface area contributed by atoms with Gasteiger partial charge in [-0.05, 0) is 6.42 Å². The molecule has 1 amide bonds. The van der Waals surface area contributed by atoms with Crippen molar-refractivity contribution in [2.24, 2.45) is 5.90 Å². The standard InChI is InChI=1S/C15H30N2O3/c1-3-4-5-6-7-8-9-10-11-12-14(18)17(2)13-15(19)20-16/h3-13,16H2,1-2H3. The zero-order chi connectivity index (χ0) is 15.2. The molecule has 0 fully saturated rings. The highest BCUT2D eigenvalue weighted by Crippen LogP contribution is 2.10. The first-order chi connectivity index (χ1) is 9.61. The normalized spacial score (nSPS) is 10.3. The summed E-state index contributed by atoms with van der Waals surface area (Å²) in [6.45, 7) is 2.15. The first kappa shape index (κ1) is 18.9. The summed E-state index contributed by atoms with van der Waals surface area (Å²) >= 11 is 0. The fourth-order valence-corrected chi connectivity index (χ4v) is 2.10. The van der Waals surface area contributed by atoms with Crippen LogP contribution in [0.15, 0.2) is 0 Å². The van der Waals surface area contributed by atoms with Gasteiger partial charge in [0.2, 0.25) is 5.91 Å². The highest BCUT2D eigenvalue weighted by molar-refractivity contribution is 5.81. The van der Waals surface area contributed by atoms with Crippen LogP contribution in [-0.2, 0) is 14.4 Å². The summed E-state index contributed by atoms with van der Waals surface area (Å²) in [5.41, 5.74) is 0. The molecule has 5 heteroatoms. The van der Waals surface area contributed by atoms with E-state index in [-0.39, 0.29) is 12.5 Å². The summed E-state index contributed by atoms with van der Waals surface area (Å²) in [7, 11) is 1.59. The molecular weight excluding hydrogens is 256 g/mol. The van der Waals surface area contributed by atoms with Gasteiger partial charge in [0.05, 0.1) is 0 Å². The van der Waals surface area contributed by atoms with Gasteiger partial charge in [0.25, 0.3) is 0 Å². The number of nitrogens with two attached hydrogens (primary N) is 1. The Balaban J connectivity index is 3.41. The zero-order valence-corrected chi connectivity index (χ0v) is 13.0. The maximum absolute atomic E-state index is 11.7. The number of carbonyl (C=O) groups excluding carboxylic acids is 2. The molecule has 0 aromatic heterocycles. The number of hydrogen-bond acceptors (Lipinski definition) is 4. The van der Waals surface area contributed by atoms with Crippen LogP contribution in [0.3, 0.4) is 0 Å². The highest BCUT2D eigenvalue weighted by atomic mass is 16.7. The van der Waals surface area contributed by atoms with Gasteiger partial charge in [-0.1, -0.05) is 58.3 Å². The van der Waals surface area contributed by atoms with Crippen LogP contribution in [0, 0.1) is 0 Å². The van der Waals surface area contributed by atoms with E-state index in [4.69, 9.17) is 5.90 Å². The second-order valence-corrected chi connectivity index (χ2v) is 5.32. The van der Waals surface area contributed by atoms with Crippen LogP contribution in [0.2, 0.25) is 0 Å². The molecule has 2 N–H and O–H groups in total. The summed E-state index contributed by atoms with van der Waals surface area (Å²) < 4.78 is 0. The third kappa shape index (κ3) is 10.8. The fraction of sp³-hybridized carbons (Fsp3) is 0.867. The van der Waals surface area contributed by atoms with Gasteiger partial charge in [-0.15, -0.1) is 0 Å². The second kappa shape index (κ2) is 12.9. The van der Waals surface area contributed by atoms with E-state index in [0.717, 1.165) is 12.8 Å². The van der Waals surface area contributed by atoms with E-state index >= 15 is 0 Å². The number of nitrogens with zero attached hydrogens (tertiary/aromatic N) is 1. The predicted molar refractivity (Wildman–Crippen MR) is 79.8 cm³/mol. The summed E-state index contributed by atoms with van der Waals surface area (Å²) in [4.78, 5) is 28.0. The zero-order valence-electron chi connectivity index (χ0n) is 13.0. The van der Waals surface area contributed by atoms with Crippen LogP contribution in [0.4, 0.5) is 0 Å². The van der Waals surface area contributed by atoms with E-state index in [1.54, 1.807) is 7.05 Å². The predicted octanol–water partition coefficient (Wildman–Crippen LogP) is 2.78. The van der Waals surface area contributed by atoms with E-state index < -0.39 is 5.97 Å². The van der Waals surface area contributed by atoms with Gasteiger partial charge in [0.15, 0.2) is 0 Å². The lowest BCUT2D eigenvalue weighted by Crippen LogP contribution is -2.33. The van der Waals surface area contributed by atoms with E-state index in [0.29, 0.717) is 6.42 Å². The minimum absolute atomic E-state index is 0.0293. The van der Waals surface area contributed by atoms with E-state index in [1.165, 1.54) is 49.8 Å². The molecule has 0 heterocycles. The summed E-state index contributed by atoms with van der Waals surface area (Å²) in [5, 5.41) is 0. The molecule has 0 atom stereocenters. The van der Waals surface area contributed by atoms with Crippen molar-refractivity contribution < 1.29 is 14.4 Å². The third-order valence-electron chi connectivity index (χ3n) is 3.42. The van der Waals surface area contributed by atoms with Crippen molar-refractivity contribution in [2.75, 3.05) is 13.6 Å². The summed E-state index contributed by atoms with van der Waals surface area (Å²) in [6, 6.07) is 0. The van der Waals surface area contributed by atoms with Crippen molar-refractivity contribution in [3.05, 3.63) is 0 Å². The number of hydrogen-bond donors (Lipinski definition) is 1. The Bertz CT molecular complexity index is 270. The molecule has 0 aliphatic carbocycles. The van der Waals surface area contributed by atoms with Crippen LogP contribution in [-0.4, -0.2) is 30.4 Å². The van der Waals surface area contributed by atoms with Crippen molar-refractivity contribution in [3.63, 3.8) is 0 Å². The molecule has 0 aliphatic rings. The Hall–Kier alpha value is -1.10. The van der Waals surface area contributed by atoms with Crippen LogP contribution in [0.1, 0.15) is 71.1 Å². The maximum Gasteiger partial charge on any atom is 0.344 e. The molecule has 118 valence electrons. The molecular formula is C15H30N2O3. The first-order valence-electron chi connectivity index (χ1n) is 7.75. The molecule has 5 nitrogen and oxygen atoms in total. The molecule has 0 rings (SSSR count).